The van der Waals surface area contributed by atoms with Crippen LogP contribution in [0, 0.1) is 5.92 Å². The number of esters is 1. The summed E-state index contributed by atoms with van der Waals surface area (Å²) >= 11 is 0. The Hall–Kier alpha value is -4.93. The van der Waals surface area contributed by atoms with Crippen LogP contribution in [0.2, 0.25) is 0 Å². The van der Waals surface area contributed by atoms with E-state index in [9.17, 15) is 29.1 Å². The summed E-state index contributed by atoms with van der Waals surface area (Å²) in [5.74, 6) is -2.14. The van der Waals surface area contributed by atoms with Gasteiger partial charge in [-0.3, -0.25) is 19.2 Å². The fourth-order valence-corrected chi connectivity index (χ4v) is 4.92. The van der Waals surface area contributed by atoms with Gasteiger partial charge in [-0.1, -0.05) is 43.3 Å². The van der Waals surface area contributed by atoms with Gasteiger partial charge in [-0.15, -0.1) is 0 Å². The lowest BCUT2D eigenvalue weighted by molar-refractivity contribution is -0.150. The Kier molecular flexibility index (Phi) is 10.7. The quantitative estimate of drug-likeness (QED) is 0.142. The third-order valence-corrected chi connectivity index (χ3v) is 7.30. The molecule has 1 fully saturated rings. The number of aromatic hydroxyl groups is 1. The second-order valence-electron chi connectivity index (χ2n) is 10.3. The van der Waals surface area contributed by atoms with Crippen molar-refractivity contribution < 1.29 is 33.4 Å². The average Bonchev–Trinajstić information content (AvgIpc) is 3.02. The summed E-state index contributed by atoms with van der Waals surface area (Å²) in [5.41, 5.74) is 0.0879. The van der Waals surface area contributed by atoms with E-state index in [1.54, 1.807) is 11.0 Å². The Morgan fingerprint density at radius 1 is 1.00 bits per heavy atom. The predicted molar refractivity (Wildman–Crippen MR) is 158 cm³/mol. The van der Waals surface area contributed by atoms with Crippen LogP contribution in [-0.4, -0.2) is 71.3 Å². The van der Waals surface area contributed by atoms with Crippen LogP contribution in [0.4, 0.5) is 0 Å². The minimum Gasteiger partial charge on any atom is -0.508 e. The number of carbonyl (C=O) groups excluding carboxylic acids is 4. The number of phenolic OH excluding ortho intramolecular Hbond substituents is 1. The minimum absolute atomic E-state index is 0.0576. The highest BCUT2D eigenvalue weighted by molar-refractivity contribution is 5.97. The van der Waals surface area contributed by atoms with E-state index in [4.69, 9.17) is 9.15 Å². The number of benzene rings is 2. The number of ether oxygens (including phenoxy) is 1. The zero-order chi connectivity index (χ0) is 30.8. The molecule has 3 aromatic rings. The van der Waals surface area contributed by atoms with Crippen LogP contribution < -0.4 is 10.9 Å². The van der Waals surface area contributed by atoms with Gasteiger partial charge >= 0.3 is 11.6 Å². The zero-order valence-corrected chi connectivity index (χ0v) is 23.8. The number of phenols is 1. The summed E-state index contributed by atoms with van der Waals surface area (Å²) in [4.78, 5) is 66.4. The molecule has 226 valence electrons. The molecule has 1 atom stereocenters. The van der Waals surface area contributed by atoms with Crippen molar-refractivity contribution >= 4 is 34.7 Å². The lowest BCUT2D eigenvalue weighted by atomic mass is 9.96. The molecule has 1 saturated heterocycles. The summed E-state index contributed by atoms with van der Waals surface area (Å²) in [7, 11) is 0. The molecule has 0 radical (unpaired) electrons. The van der Waals surface area contributed by atoms with E-state index in [-0.39, 0.29) is 67.9 Å². The van der Waals surface area contributed by atoms with E-state index in [2.05, 4.69) is 11.9 Å². The Balaban J connectivity index is 1.36. The molecular weight excluding hydrogens is 554 g/mol. The van der Waals surface area contributed by atoms with Crippen molar-refractivity contribution in [3.63, 3.8) is 0 Å². The van der Waals surface area contributed by atoms with Gasteiger partial charge in [-0.2, -0.15) is 0 Å². The van der Waals surface area contributed by atoms with E-state index >= 15 is 0 Å². The SMILES string of the molecule is C=CC(=O)NCCCC[C@H](CC(=O)OCc1ccccc1)C(=O)N1CCN(C(=O)c2cc3ccc(O)cc3oc2=O)CC1. The van der Waals surface area contributed by atoms with Gasteiger partial charge in [-0.05, 0) is 42.7 Å². The van der Waals surface area contributed by atoms with Crippen LogP contribution in [0.15, 0.2) is 76.5 Å². The average molecular weight is 590 g/mol. The van der Waals surface area contributed by atoms with Gasteiger partial charge in [0, 0.05) is 50.1 Å². The molecule has 2 aromatic carbocycles. The van der Waals surface area contributed by atoms with Gasteiger partial charge in [-0.25, -0.2) is 4.79 Å². The minimum atomic E-state index is -0.806. The molecule has 0 aliphatic carbocycles. The molecular formula is C32H35N3O8. The molecule has 1 aromatic heterocycles. The fraction of sp³-hybridized carbons (Fsp3) is 0.344. The first-order chi connectivity index (χ1) is 20.7. The smallest absolute Gasteiger partial charge is 0.349 e. The van der Waals surface area contributed by atoms with Crippen molar-refractivity contribution in [2.75, 3.05) is 32.7 Å². The number of nitrogens with one attached hydrogen (secondary N) is 1. The molecule has 0 spiro atoms. The second kappa shape index (κ2) is 14.8. The summed E-state index contributed by atoms with van der Waals surface area (Å²) in [6.45, 7) is 4.84. The molecule has 1 aliphatic heterocycles. The highest BCUT2D eigenvalue weighted by Crippen LogP contribution is 2.22. The summed E-state index contributed by atoms with van der Waals surface area (Å²) in [5, 5.41) is 12.8. The van der Waals surface area contributed by atoms with Crippen LogP contribution in [0.25, 0.3) is 11.0 Å². The largest absolute Gasteiger partial charge is 0.508 e. The molecule has 0 bridgehead atoms. The van der Waals surface area contributed by atoms with Crippen molar-refractivity contribution in [2.45, 2.75) is 32.3 Å². The van der Waals surface area contributed by atoms with Crippen molar-refractivity contribution in [1.29, 1.82) is 0 Å². The summed E-state index contributed by atoms with van der Waals surface area (Å²) in [6.07, 6.45) is 2.76. The van der Waals surface area contributed by atoms with Gasteiger partial charge in [0.15, 0.2) is 0 Å². The topological polar surface area (TPSA) is 146 Å². The Labute approximate surface area is 248 Å². The maximum absolute atomic E-state index is 13.5. The van der Waals surface area contributed by atoms with Gasteiger partial charge < -0.3 is 29.4 Å². The number of carbonyl (C=O) groups is 4. The lowest BCUT2D eigenvalue weighted by Crippen LogP contribution is -2.52. The molecule has 2 heterocycles. The molecule has 1 aliphatic rings. The van der Waals surface area contributed by atoms with Crippen molar-refractivity contribution in [2.24, 2.45) is 5.92 Å². The first-order valence-electron chi connectivity index (χ1n) is 14.2. The molecule has 3 amide bonds. The van der Waals surface area contributed by atoms with E-state index in [0.717, 1.165) is 5.56 Å². The maximum Gasteiger partial charge on any atom is 0.349 e. The number of hydrogen-bond donors (Lipinski definition) is 2. The number of piperazine rings is 1. The van der Waals surface area contributed by atoms with Crippen LogP contribution in [0.3, 0.4) is 0 Å². The van der Waals surface area contributed by atoms with Crippen molar-refractivity contribution in [3.8, 4) is 5.75 Å². The first kappa shape index (κ1) is 31.0. The number of hydrogen-bond acceptors (Lipinski definition) is 8. The van der Waals surface area contributed by atoms with Crippen LogP contribution in [0.1, 0.15) is 41.6 Å². The highest BCUT2D eigenvalue weighted by atomic mass is 16.5. The number of unbranched alkanes of at least 4 members (excludes halogenated alkanes) is 1. The third kappa shape index (κ3) is 8.54. The molecule has 0 unspecified atom stereocenters. The Morgan fingerprint density at radius 2 is 1.72 bits per heavy atom. The van der Waals surface area contributed by atoms with E-state index in [0.29, 0.717) is 31.2 Å². The monoisotopic (exact) mass is 589 g/mol. The Bertz CT molecular complexity index is 1530. The zero-order valence-electron chi connectivity index (χ0n) is 23.8. The van der Waals surface area contributed by atoms with E-state index in [1.165, 1.54) is 29.2 Å². The van der Waals surface area contributed by atoms with E-state index in [1.807, 2.05) is 30.3 Å². The van der Waals surface area contributed by atoms with Gasteiger partial charge in [0.2, 0.25) is 11.8 Å². The molecule has 43 heavy (non-hydrogen) atoms. The number of nitrogens with zero attached hydrogens (tertiary/aromatic N) is 2. The molecule has 11 nitrogen and oxygen atoms in total. The normalized spacial score (nSPS) is 13.8. The predicted octanol–water partition coefficient (Wildman–Crippen LogP) is 3.01. The van der Waals surface area contributed by atoms with Gasteiger partial charge in [0.1, 0.15) is 23.5 Å². The maximum atomic E-state index is 13.5. The van der Waals surface area contributed by atoms with Gasteiger partial charge in [0.05, 0.1) is 6.42 Å². The van der Waals surface area contributed by atoms with Crippen molar-refractivity contribution in [3.05, 3.63) is 88.8 Å². The number of amides is 3. The number of rotatable bonds is 12. The van der Waals surface area contributed by atoms with Crippen LogP contribution in [0.5, 0.6) is 5.75 Å². The van der Waals surface area contributed by atoms with Gasteiger partial charge in [0.25, 0.3) is 5.91 Å². The lowest BCUT2D eigenvalue weighted by Gasteiger charge is -2.36. The third-order valence-electron chi connectivity index (χ3n) is 7.30. The molecule has 2 N–H and O–H groups in total. The second-order valence-corrected chi connectivity index (χ2v) is 10.3. The molecule has 0 saturated carbocycles. The Morgan fingerprint density at radius 3 is 2.44 bits per heavy atom. The highest BCUT2D eigenvalue weighted by Gasteiger charge is 2.31. The fourth-order valence-electron chi connectivity index (χ4n) is 4.92. The molecule has 11 heteroatoms. The van der Waals surface area contributed by atoms with Crippen molar-refractivity contribution in [1.82, 2.24) is 15.1 Å². The van der Waals surface area contributed by atoms with Crippen LogP contribution >= 0.6 is 0 Å². The van der Waals surface area contributed by atoms with Crippen LogP contribution in [-0.2, 0) is 25.7 Å². The van der Waals surface area contributed by atoms with E-state index < -0.39 is 23.4 Å². The molecule has 4 rings (SSSR count). The summed E-state index contributed by atoms with van der Waals surface area (Å²) < 4.78 is 10.7. The number of fused-ring (bicyclic) bond motifs is 1. The standard InChI is InChI=1S/C32H35N3O8/c1-2-28(37)33-13-7-6-10-24(19-29(38)42-21-22-8-4-3-5-9-22)30(39)34-14-16-35(17-15-34)31(40)26-18-23-11-12-25(36)20-27(23)43-32(26)41/h2-5,8-9,11-12,18,20,24,36H,1,6-7,10,13-17,19,21H2,(H,33,37)/t24-/m1/s1. The summed E-state index contributed by atoms with van der Waals surface area (Å²) in [6, 6.07) is 15.0. The first-order valence-corrected chi connectivity index (χ1v) is 14.2.